The molecule has 0 N–H and O–H groups in total. The second-order valence-electron chi connectivity index (χ2n) is 26.4. The summed E-state index contributed by atoms with van der Waals surface area (Å²) in [6.45, 7) is 0. The summed E-state index contributed by atoms with van der Waals surface area (Å²) >= 11 is 0. The fourth-order valence-corrected chi connectivity index (χ4v) is 15.1. The Morgan fingerprint density at radius 1 is 0.154 bits per heavy atom. The van der Waals surface area contributed by atoms with Crippen molar-refractivity contribution in [2.45, 2.75) is 0 Å². The Bertz CT molecular complexity index is 7250. The van der Waals surface area contributed by atoms with Gasteiger partial charge < -0.3 is 17.7 Å². The van der Waals surface area contributed by atoms with Gasteiger partial charge in [0.1, 0.15) is 44.7 Å². The Morgan fingerprint density at radius 2 is 0.490 bits per heavy atom. The summed E-state index contributed by atoms with van der Waals surface area (Å²) in [4.78, 5) is 30.5. The maximum Gasteiger partial charge on any atom is 0.164 e. The molecule has 16 aromatic carbocycles. The third-order valence-electron chi connectivity index (χ3n) is 20.2. The summed E-state index contributed by atoms with van der Waals surface area (Å²) in [5, 5.41) is 17.9. The highest BCUT2D eigenvalue weighted by Gasteiger charge is 2.21. The molecule has 10 nitrogen and oxygen atoms in total. The number of nitrogens with zero attached hydrogens (tertiary/aromatic N) is 6. The Hall–Kier alpha value is -14.2. The summed E-state index contributed by atoms with van der Waals surface area (Å²) in [7, 11) is 0. The van der Waals surface area contributed by atoms with Gasteiger partial charge in [0, 0.05) is 76.5 Å². The van der Waals surface area contributed by atoms with Crippen molar-refractivity contribution < 1.29 is 17.7 Å². The Morgan fingerprint density at radius 3 is 1.07 bits per heavy atom. The molecule has 22 rings (SSSR count). The number of hydrogen-bond acceptors (Lipinski definition) is 10. The molecular weight excluding hydrogens is 1280 g/mol. The second-order valence-corrected chi connectivity index (χ2v) is 26.4. The van der Waals surface area contributed by atoms with Crippen molar-refractivity contribution in [1.82, 2.24) is 29.9 Å². The molecule has 104 heavy (non-hydrogen) atoms. The molecule has 0 radical (unpaired) electrons. The monoisotopic (exact) mass is 1330 g/mol. The molecule has 0 spiro atoms. The Balaban J connectivity index is 0.000000134. The first-order chi connectivity index (χ1) is 51.4. The fraction of sp³-hybridized carbons (Fsp3) is 0. The lowest BCUT2D eigenvalue weighted by molar-refractivity contribution is 0.668. The van der Waals surface area contributed by atoms with Crippen molar-refractivity contribution >= 4 is 131 Å². The molecular formula is C94H54N6O4. The number of fused-ring (bicyclic) bond motifs is 16. The van der Waals surface area contributed by atoms with E-state index in [0.29, 0.717) is 34.9 Å². The lowest BCUT2D eigenvalue weighted by atomic mass is 9.97. The van der Waals surface area contributed by atoms with Gasteiger partial charge in [-0.3, -0.25) is 0 Å². The number of para-hydroxylation sites is 2. The van der Waals surface area contributed by atoms with E-state index in [-0.39, 0.29) is 0 Å². The lowest BCUT2D eigenvalue weighted by Crippen LogP contribution is -2.00. The van der Waals surface area contributed by atoms with Crippen molar-refractivity contribution in [3.05, 3.63) is 328 Å². The average molecular weight is 1330 g/mol. The predicted molar refractivity (Wildman–Crippen MR) is 422 cm³/mol. The molecule has 0 fully saturated rings. The molecule has 22 aromatic rings. The van der Waals surface area contributed by atoms with Gasteiger partial charge in [0.05, 0.1) is 0 Å². The third-order valence-corrected chi connectivity index (χ3v) is 20.2. The molecule has 6 heterocycles. The number of benzene rings is 16. The van der Waals surface area contributed by atoms with E-state index in [1.54, 1.807) is 0 Å². The van der Waals surface area contributed by atoms with E-state index in [4.69, 9.17) is 47.6 Å². The van der Waals surface area contributed by atoms with E-state index in [1.165, 1.54) is 16.2 Å². The Labute approximate surface area is 593 Å². The van der Waals surface area contributed by atoms with Gasteiger partial charge in [0.25, 0.3) is 0 Å². The van der Waals surface area contributed by atoms with Gasteiger partial charge in [-0.1, -0.05) is 243 Å². The maximum atomic E-state index is 6.37. The van der Waals surface area contributed by atoms with Crippen LogP contribution in [0.5, 0.6) is 0 Å². The van der Waals surface area contributed by atoms with Crippen molar-refractivity contribution in [1.29, 1.82) is 0 Å². The number of furan rings is 4. The van der Waals surface area contributed by atoms with Gasteiger partial charge in [0.15, 0.2) is 34.9 Å². The van der Waals surface area contributed by atoms with Gasteiger partial charge in [0.2, 0.25) is 0 Å². The van der Waals surface area contributed by atoms with Gasteiger partial charge in [-0.05, 0) is 150 Å². The molecule has 0 bridgehead atoms. The first-order valence-corrected chi connectivity index (χ1v) is 34.7. The predicted octanol–water partition coefficient (Wildman–Crippen LogP) is 25.3. The molecule has 0 amide bonds. The van der Waals surface area contributed by atoms with Crippen molar-refractivity contribution in [2.75, 3.05) is 0 Å². The number of rotatable bonds is 8. The van der Waals surface area contributed by atoms with Crippen LogP contribution in [0.3, 0.4) is 0 Å². The summed E-state index contributed by atoms with van der Waals surface area (Å²) in [6.07, 6.45) is 0. The molecule has 0 aliphatic rings. The zero-order chi connectivity index (χ0) is 68.3. The SMILES string of the molecule is c1ccc2cc(-c3nc(-c4ccc(-c5cccc6oc7cc8ccccc8cc7c56)cc4)nc(-c4ccc5oc6ccccc6c5c4)n3)ccc2c1.c1ccc2cc3c(cc2c1)oc1cccc(-c2ccc(-c4nc(-c5ccc6c(c5)oc5ccccc56)nc(-c5cccc6ccccc56)n4)cc2)c13. The molecule has 0 unspecified atom stereocenters. The molecule has 484 valence electrons. The first-order valence-electron chi connectivity index (χ1n) is 34.7. The van der Waals surface area contributed by atoms with Gasteiger partial charge in [-0.2, -0.15) is 0 Å². The lowest BCUT2D eigenvalue weighted by Gasteiger charge is -2.11. The van der Waals surface area contributed by atoms with E-state index >= 15 is 0 Å². The summed E-state index contributed by atoms with van der Waals surface area (Å²) in [6, 6.07) is 113. The number of hydrogen-bond donors (Lipinski definition) is 0. The second kappa shape index (κ2) is 23.7. The van der Waals surface area contributed by atoms with Gasteiger partial charge >= 0.3 is 0 Å². The molecule has 0 atom stereocenters. The van der Waals surface area contributed by atoms with E-state index < -0.39 is 0 Å². The minimum Gasteiger partial charge on any atom is -0.456 e. The average Bonchev–Trinajstić information content (AvgIpc) is 1.66. The van der Waals surface area contributed by atoms with Gasteiger partial charge in [-0.15, -0.1) is 0 Å². The minimum atomic E-state index is 0.584. The van der Waals surface area contributed by atoms with Crippen LogP contribution in [0.2, 0.25) is 0 Å². The largest absolute Gasteiger partial charge is 0.456 e. The summed E-state index contributed by atoms with van der Waals surface area (Å²) < 4.78 is 25.1. The summed E-state index contributed by atoms with van der Waals surface area (Å²) in [5.41, 5.74) is 16.7. The normalized spacial score (nSPS) is 11.8. The molecule has 0 saturated heterocycles. The standard InChI is InChI=1S/2C47H27N3O2/c1-2-11-32-26-43-39(25-31(32)10-1)44-35(15-8-18-41(44)52-43)29-19-21-30(22-20-29)45-48-46(33-23-24-37-36-14-5-6-17-40(36)51-42(37)27-33)50-47(49-45)38-16-7-12-28-9-3-4-13-34(28)38;1-2-9-31-24-34(21-16-28(31)8-1)46-48-45(49-47(50-46)35-22-23-41-38(26-35)37-12-5-6-14-40(37)51-41)30-19-17-29(18-20-30)36-13-7-15-42-44(36)39-25-32-10-3-4-11-33(32)27-43(39)52-42/h2*1-27H. The van der Waals surface area contributed by atoms with Crippen molar-refractivity contribution in [3.8, 4) is 90.6 Å². The summed E-state index contributed by atoms with van der Waals surface area (Å²) in [5.74, 6) is 3.63. The highest BCUT2D eigenvalue weighted by molar-refractivity contribution is 6.17. The number of aromatic nitrogens is 6. The first kappa shape index (κ1) is 58.7. The highest BCUT2D eigenvalue weighted by Crippen LogP contribution is 2.43. The van der Waals surface area contributed by atoms with Gasteiger partial charge in [-0.25, -0.2) is 29.9 Å². The van der Waals surface area contributed by atoms with Crippen LogP contribution in [0.25, 0.3) is 221 Å². The van der Waals surface area contributed by atoms with Crippen LogP contribution in [-0.2, 0) is 0 Å². The van der Waals surface area contributed by atoms with E-state index in [2.05, 4.69) is 261 Å². The molecule has 6 aromatic heterocycles. The van der Waals surface area contributed by atoms with E-state index in [1.807, 2.05) is 66.7 Å². The maximum absolute atomic E-state index is 6.37. The third kappa shape index (κ3) is 10.0. The van der Waals surface area contributed by atoms with Crippen LogP contribution in [-0.4, -0.2) is 29.9 Å². The smallest absolute Gasteiger partial charge is 0.164 e. The zero-order valence-electron chi connectivity index (χ0n) is 55.5. The van der Waals surface area contributed by atoms with Crippen molar-refractivity contribution in [2.24, 2.45) is 0 Å². The van der Waals surface area contributed by atoms with Crippen LogP contribution in [0.4, 0.5) is 0 Å². The zero-order valence-corrected chi connectivity index (χ0v) is 55.5. The van der Waals surface area contributed by atoms with E-state index in [9.17, 15) is 0 Å². The fourth-order valence-electron chi connectivity index (χ4n) is 15.1. The molecule has 0 saturated carbocycles. The Kier molecular flexibility index (Phi) is 13.4. The molecule has 10 heteroatoms. The van der Waals surface area contributed by atoms with Crippen LogP contribution in [0, 0.1) is 0 Å². The van der Waals surface area contributed by atoms with Crippen LogP contribution in [0.15, 0.2) is 345 Å². The minimum absolute atomic E-state index is 0.584. The van der Waals surface area contributed by atoms with Crippen LogP contribution in [0.1, 0.15) is 0 Å². The molecule has 0 aliphatic carbocycles. The topological polar surface area (TPSA) is 130 Å². The van der Waals surface area contributed by atoms with Crippen LogP contribution < -0.4 is 0 Å². The van der Waals surface area contributed by atoms with Crippen molar-refractivity contribution in [3.63, 3.8) is 0 Å². The van der Waals surface area contributed by atoms with Crippen LogP contribution >= 0.6 is 0 Å². The highest BCUT2D eigenvalue weighted by atomic mass is 16.3. The van der Waals surface area contributed by atoms with E-state index in [0.717, 1.165) is 170 Å². The quantitative estimate of drug-likeness (QED) is 0.145. The molecule has 0 aliphatic heterocycles.